The van der Waals surface area contributed by atoms with Crippen LogP contribution in [-0.4, -0.2) is 35.9 Å². The number of carbonyl (C=O) groups excluding carboxylic acids is 1. The van der Waals surface area contributed by atoms with Gasteiger partial charge in [-0.25, -0.2) is 0 Å². The number of likely N-dealkylation sites (tertiary alicyclic amines) is 1. The SMILES string of the molecule is CN1CCC(c2c[nH]c3c(C(N)=O)cc(-c4ccccc4)cc23)CC1. The van der Waals surface area contributed by atoms with Crippen LogP contribution in [0.3, 0.4) is 0 Å². The van der Waals surface area contributed by atoms with Gasteiger partial charge in [0.2, 0.25) is 0 Å². The van der Waals surface area contributed by atoms with Gasteiger partial charge in [0.1, 0.15) is 0 Å². The lowest BCUT2D eigenvalue weighted by atomic mass is 9.88. The molecule has 25 heavy (non-hydrogen) atoms. The molecule has 3 aromatic rings. The number of nitrogens with two attached hydrogens (primary N) is 1. The molecule has 1 aliphatic heterocycles. The minimum absolute atomic E-state index is 0.389. The Bertz CT molecular complexity index is 906. The number of amides is 1. The van der Waals surface area contributed by atoms with E-state index < -0.39 is 0 Å². The van der Waals surface area contributed by atoms with Gasteiger partial charge in [0, 0.05) is 11.6 Å². The van der Waals surface area contributed by atoms with Gasteiger partial charge in [-0.05, 0) is 67.7 Å². The molecule has 0 saturated carbocycles. The smallest absolute Gasteiger partial charge is 0.250 e. The molecule has 0 aliphatic carbocycles. The lowest BCUT2D eigenvalue weighted by molar-refractivity contribution is 0.100. The molecule has 1 aromatic heterocycles. The predicted octanol–water partition coefficient (Wildman–Crippen LogP) is 3.74. The monoisotopic (exact) mass is 333 g/mol. The van der Waals surface area contributed by atoms with Crippen LogP contribution < -0.4 is 5.73 Å². The molecule has 0 atom stereocenters. The van der Waals surface area contributed by atoms with E-state index in [1.165, 1.54) is 5.56 Å². The number of primary amides is 1. The van der Waals surface area contributed by atoms with Crippen molar-refractivity contribution in [3.63, 3.8) is 0 Å². The summed E-state index contributed by atoms with van der Waals surface area (Å²) in [5, 5.41) is 1.13. The average molecular weight is 333 g/mol. The summed E-state index contributed by atoms with van der Waals surface area (Å²) in [4.78, 5) is 17.7. The van der Waals surface area contributed by atoms with Crippen LogP contribution in [0.2, 0.25) is 0 Å². The summed E-state index contributed by atoms with van der Waals surface area (Å²) in [6.07, 6.45) is 4.36. The van der Waals surface area contributed by atoms with Gasteiger partial charge in [0.05, 0.1) is 11.1 Å². The highest BCUT2D eigenvalue weighted by molar-refractivity contribution is 6.07. The van der Waals surface area contributed by atoms with Gasteiger partial charge in [0.15, 0.2) is 0 Å². The number of carbonyl (C=O) groups is 1. The number of hydrogen-bond acceptors (Lipinski definition) is 2. The van der Waals surface area contributed by atoms with Gasteiger partial charge < -0.3 is 15.6 Å². The molecule has 4 heteroatoms. The Morgan fingerprint density at radius 3 is 2.52 bits per heavy atom. The first kappa shape index (κ1) is 15.9. The van der Waals surface area contributed by atoms with Crippen LogP contribution >= 0.6 is 0 Å². The molecule has 2 aromatic carbocycles. The van der Waals surface area contributed by atoms with E-state index in [9.17, 15) is 4.79 Å². The molecule has 2 heterocycles. The summed E-state index contributed by atoms with van der Waals surface area (Å²) in [5.41, 5.74) is 10.5. The molecule has 128 valence electrons. The second-order valence-corrected chi connectivity index (χ2v) is 7.00. The van der Waals surface area contributed by atoms with Crippen molar-refractivity contribution in [3.05, 3.63) is 59.8 Å². The fourth-order valence-electron chi connectivity index (χ4n) is 3.90. The number of nitrogens with zero attached hydrogens (tertiary/aromatic N) is 1. The maximum absolute atomic E-state index is 12.0. The Morgan fingerprint density at radius 1 is 1.12 bits per heavy atom. The average Bonchev–Trinajstić information content (AvgIpc) is 3.06. The van der Waals surface area contributed by atoms with Crippen molar-refractivity contribution in [2.45, 2.75) is 18.8 Å². The van der Waals surface area contributed by atoms with E-state index in [2.05, 4.69) is 41.3 Å². The van der Waals surface area contributed by atoms with Crippen molar-refractivity contribution in [2.75, 3.05) is 20.1 Å². The zero-order valence-electron chi connectivity index (χ0n) is 14.5. The summed E-state index contributed by atoms with van der Waals surface area (Å²) in [6, 6.07) is 14.2. The zero-order valence-corrected chi connectivity index (χ0v) is 14.5. The number of H-pyrrole nitrogens is 1. The van der Waals surface area contributed by atoms with Gasteiger partial charge in [-0.1, -0.05) is 30.3 Å². The standard InChI is InChI=1S/C21H23N3O/c1-24-9-7-15(8-10-24)19-13-23-20-17(19)11-16(12-18(20)21(22)25)14-5-3-2-4-6-14/h2-6,11-13,15,23H,7-10H2,1H3,(H2,22,25). The largest absolute Gasteiger partial charge is 0.366 e. The molecule has 1 amide bonds. The predicted molar refractivity (Wildman–Crippen MR) is 102 cm³/mol. The number of hydrogen-bond donors (Lipinski definition) is 2. The Hall–Kier alpha value is -2.59. The molecule has 4 rings (SSSR count). The summed E-state index contributed by atoms with van der Waals surface area (Å²) >= 11 is 0. The highest BCUT2D eigenvalue weighted by Crippen LogP contribution is 2.36. The third-order valence-electron chi connectivity index (χ3n) is 5.35. The minimum Gasteiger partial charge on any atom is -0.366 e. The van der Waals surface area contributed by atoms with E-state index in [-0.39, 0.29) is 5.91 Å². The Morgan fingerprint density at radius 2 is 1.84 bits per heavy atom. The Labute approximate surface area is 147 Å². The molecular weight excluding hydrogens is 310 g/mol. The Kier molecular flexibility index (Phi) is 4.06. The molecule has 1 aliphatic rings. The van der Waals surface area contributed by atoms with Gasteiger partial charge >= 0.3 is 0 Å². The molecule has 0 radical (unpaired) electrons. The molecular formula is C21H23N3O. The zero-order chi connectivity index (χ0) is 17.4. The fourth-order valence-corrected chi connectivity index (χ4v) is 3.90. The molecule has 1 saturated heterocycles. The normalized spacial score (nSPS) is 16.4. The van der Waals surface area contributed by atoms with Gasteiger partial charge in [-0.15, -0.1) is 0 Å². The molecule has 4 nitrogen and oxygen atoms in total. The van der Waals surface area contributed by atoms with Gasteiger partial charge in [-0.3, -0.25) is 4.79 Å². The summed E-state index contributed by atoms with van der Waals surface area (Å²) in [7, 11) is 2.17. The number of aromatic amines is 1. The quantitative estimate of drug-likeness (QED) is 0.767. The fraction of sp³-hybridized carbons (Fsp3) is 0.286. The summed E-state index contributed by atoms with van der Waals surface area (Å²) < 4.78 is 0. The van der Waals surface area contributed by atoms with Crippen molar-refractivity contribution in [2.24, 2.45) is 5.73 Å². The minimum atomic E-state index is -0.389. The van der Waals surface area contributed by atoms with E-state index >= 15 is 0 Å². The van der Waals surface area contributed by atoms with Crippen LogP contribution in [0.4, 0.5) is 0 Å². The molecule has 0 spiro atoms. The number of fused-ring (bicyclic) bond motifs is 1. The number of rotatable bonds is 3. The first-order valence-corrected chi connectivity index (χ1v) is 8.82. The van der Waals surface area contributed by atoms with Gasteiger partial charge in [0.25, 0.3) is 5.91 Å². The van der Waals surface area contributed by atoms with E-state index in [4.69, 9.17) is 5.73 Å². The van der Waals surface area contributed by atoms with Crippen LogP contribution in [0, 0.1) is 0 Å². The second-order valence-electron chi connectivity index (χ2n) is 7.00. The third kappa shape index (κ3) is 2.94. The number of aromatic nitrogens is 1. The number of nitrogens with one attached hydrogen (secondary N) is 1. The third-order valence-corrected chi connectivity index (χ3v) is 5.35. The molecule has 1 fully saturated rings. The lowest BCUT2D eigenvalue weighted by Crippen LogP contribution is -2.29. The van der Waals surface area contributed by atoms with Crippen molar-refractivity contribution >= 4 is 16.8 Å². The topological polar surface area (TPSA) is 62.1 Å². The van der Waals surface area contributed by atoms with Crippen molar-refractivity contribution in [1.82, 2.24) is 9.88 Å². The van der Waals surface area contributed by atoms with E-state index in [0.29, 0.717) is 11.5 Å². The van der Waals surface area contributed by atoms with Gasteiger partial charge in [-0.2, -0.15) is 0 Å². The first-order chi connectivity index (χ1) is 12.1. The number of benzene rings is 2. The summed E-state index contributed by atoms with van der Waals surface area (Å²) in [5.74, 6) is 0.135. The van der Waals surface area contributed by atoms with E-state index in [0.717, 1.165) is 48.0 Å². The van der Waals surface area contributed by atoms with Crippen molar-refractivity contribution < 1.29 is 4.79 Å². The first-order valence-electron chi connectivity index (χ1n) is 8.82. The maximum Gasteiger partial charge on any atom is 0.250 e. The van der Waals surface area contributed by atoms with Crippen LogP contribution in [-0.2, 0) is 0 Å². The number of piperidine rings is 1. The van der Waals surface area contributed by atoms with Crippen molar-refractivity contribution in [3.8, 4) is 11.1 Å². The van der Waals surface area contributed by atoms with Crippen LogP contribution in [0.1, 0.15) is 34.7 Å². The maximum atomic E-state index is 12.0. The van der Waals surface area contributed by atoms with E-state index in [1.807, 2.05) is 24.3 Å². The molecule has 0 bridgehead atoms. The second kappa shape index (κ2) is 6.37. The van der Waals surface area contributed by atoms with E-state index in [1.54, 1.807) is 0 Å². The Balaban J connectivity index is 1.86. The molecule has 3 N–H and O–H groups in total. The summed E-state index contributed by atoms with van der Waals surface area (Å²) in [6.45, 7) is 2.22. The van der Waals surface area contributed by atoms with Crippen LogP contribution in [0.15, 0.2) is 48.7 Å². The molecule has 0 unspecified atom stereocenters. The lowest BCUT2D eigenvalue weighted by Gasteiger charge is -2.28. The van der Waals surface area contributed by atoms with Crippen LogP contribution in [0.5, 0.6) is 0 Å². The highest BCUT2D eigenvalue weighted by Gasteiger charge is 2.23. The highest BCUT2D eigenvalue weighted by atomic mass is 16.1. The van der Waals surface area contributed by atoms with Crippen molar-refractivity contribution in [1.29, 1.82) is 0 Å². The van der Waals surface area contributed by atoms with Crippen LogP contribution in [0.25, 0.3) is 22.0 Å².